The Morgan fingerprint density at radius 1 is 1.06 bits per heavy atom. The number of sulfonamides is 1. The number of nitrogens with zero attached hydrogens (tertiary/aromatic N) is 4. The summed E-state index contributed by atoms with van der Waals surface area (Å²) in [6, 6.07) is 9.01. The highest BCUT2D eigenvalue weighted by molar-refractivity contribution is 7.89. The Balaban J connectivity index is 1.74. The van der Waals surface area contributed by atoms with E-state index < -0.39 is 25.6 Å². The summed E-state index contributed by atoms with van der Waals surface area (Å²) in [5, 5.41) is 23.2. The quantitative estimate of drug-likeness (QED) is 0.382. The fraction of sp³-hybridized carbons (Fsp3) is 0.286. The van der Waals surface area contributed by atoms with Crippen molar-refractivity contribution < 1.29 is 23.0 Å². The van der Waals surface area contributed by atoms with Gasteiger partial charge in [0.05, 0.1) is 20.1 Å². The molecular formula is C21H20N4O7S. The number of ether oxygens (including phenoxy) is 1. The molecule has 0 spiro atoms. The number of piperidine rings is 1. The Morgan fingerprint density at radius 2 is 1.79 bits per heavy atom. The van der Waals surface area contributed by atoms with E-state index in [1.54, 1.807) is 0 Å². The third kappa shape index (κ3) is 4.34. The lowest BCUT2D eigenvalue weighted by Gasteiger charge is -2.30. The molecule has 0 bridgehead atoms. The first-order valence-corrected chi connectivity index (χ1v) is 11.6. The lowest BCUT2D eigenvalue weighted by molar-refractivity contribution is -0.385. The predicted molar refractivity (Wildman–Crippen MR) is 119 cm³/mol. The van der Waals surface area contributed by atoms with Gasteiger partial charge in [-0.3, -0.25) is 25.2 Å². The average Bonchev–Trinajstić information content (AvgIpc) is 2.79. The van der Waals surface area contributed by atoms with Crippen LogP contribution in [0.4, 0.5) is 11.4 Å². The van der Waals surface area contributed by atoms with Crippen LogP contribution in [0.3, 0.4) is 0 Å². The molecule has 4 rings (SSSR count). The molecule has 172 valence electrons. The monoisotopic (exact) mass is 472 g/mol. The molecule has 3 aromatic rings. The minimum absolute atomic E-state index is 0.0692. The Labute approximate surface area is 189 Å². The zero-order valence-electron chi connectivity index (χ0n) is 17.6. The molecule has 33 heavy (non-hydrogen) atoms. The van der Waals surface area contributed by atoms with Gasteiger partial charge >= 0.3 is 5.69 Å². The van der Waals surface area contributed by atoms with Crippen molar-refractivity contribution in [2.24, 2.45) is 5.92 Å². The van der Waals surface area contributed by atoms with Crippen LogP contribution in [0.5, 0.6) is 11.5 Å². The number of nitro benzene ring substituents is 2. The number of non-ortho nitro benzene ring substituents is 1. The van der Waals surface area contributed by atoms with Crippen LogP contribution in [0.15, 0.2) is 53.6 Å². The molecule has 0 N–H and O–H groups in total. The number of aromatic nitrogens is 1. The van der Waals surface area contributed by atoms with Gasteiger partial charge in [0.1, 0.15) is 5.52 Å². The lowest BCUT2D eigenvalue weighted by Crippen LogP contribution is -2.39. The molecule has 2 aromatic carbocycles. The van der Waals surface area contributed by atoms with Crippen molar-refractivity contribution in [1.82, 2.24) is 9.29 Å². The fourth-order valence-corrected chi connectivity index (χ4v) is 5.51. The maximum Gasteiger partial charge on any atom is 0.312 e. The molecule has 0 aliphatic carbocycles. The van der Waals surface area contributed by atoms with Crippen LogP contribution >= 0.6 is 0 Å². The summed E-state index contributed by atoms with van der Waals surface area (Å²) in [6.45, 7) is 2.68. The molecule has 12 heteroatoms. The summed E-state index contributed by atoms with van der Waals surface area (Å²) < 4.78 is 33.1. The molecule has 1 atom stereocenters. The summed E-state index contributed by atoms with van der Waals surface area (Å²) in [6.07, 6.45) is 3.07. The van der Waals surface area contributed by atoms with Gasteiger partial charge in [-0.2, -0.15) is 4.31 Å². The highest BCUT2D eigenvalue weighted by Crippen LogP contribution is 2.38. The second kappa shape index (κ2) is 8.71. The zero-order valence-corrected chi connectivity index (χ0v) is 18.4. The van der Waals surface area contributed by atoms with Crippen LogP contribution in [0.25, 0.3) is 10.9 Å². The molecule has 1 aliphatic rings. The molecule has 1 aliphatic heterocycles. The Hall–Kier alpha value is -3.64. The van der Waals surface area contributed by atoms with E-state index in [1.165, 1.54) is 46.9 Å². The maximum atomic E-state index is 13.0. The molecule has 1 unspecified atom stereocenters. The highest BCUT2D eigenvalue weighted by Gasteiger charge is 2.31. The number of pyridine rings is 1. The third-order valence-electron chi connectivity index (χ3n) is 5.51. The highest BCUT2D eigenvalue weighted by atomic mass is 32.2. The largest absolute Gasteiger partial charge is 0.448 e. The number of fused-ring (bicyclic) bond motifs is 1. The van der Waals surface area contributed by atoms with Crippen molar-refractivity contribution in [3.63, 3.8) is 0 Å². The molecule has 1 aromatic heterocycles. The first-order chi connectivity index (χ1) is 15.7. The van der Waals surface area contributed by atoms with Crippen molar-refractivity contribution in [2.75, 3.05) is 13.1 Å². The van der Waals surface area contributed by atoms with Crippen molar-refractivity contribution in [1.29, 1.82) is 0 Å². The third-order valence-corrected chi connectivity index (χ3v) is 7.37. The van der Waals surface area contributed by atoms with Gasteiger partial charge in [-0.1, -0.05) is 6.92 Å². The van der Waals surface area contributed by atoms with E-state index >= 15 is 0 Å². The summed E-state index contributed by atoms with van der Waals surface area (Å²) in [5.41, 5.74) is -0.569. The first-order valence-electron chi connectivity index (χ1n) is 10.2. The minimum atomic E-state index is -3.90. The molecule has 2 heterocycles. The van der Waals surface area contributed by atoms with Gasteiger partial charge in [-0.25, -0.2) is 8.42 Å². The normalized spacial score (nSPS) is 17.1. The van der Waals surface area contributed by atoms with E-state index in [0.29, 0.717) is 13.1 Å². The Kier molecular flexibility index (Phi) is 5.95. The molecule has 0 amide bonds. The van der Waals surface area contributed by atoms with Crippen molar-refractivity contribution in [3.05, 3.63) is 68.9 Å². The van der Waals surface area contributed by atoms with Crippen LogP contribution in [-0.2, 0) is 10.0 Å². The maximum absolute atomic E-state index is 13.0. The standard InChI is InChI=1S/C21H20N4O7S/c1-14-4-3-11-23(13-14)33(30,31)15-6-8-19(18(12-15)25(28)29)32-20-9-7-17(24(26)27)16-5-2-10-22-21(16)20/h2,5-10,12,14H,3-4,11,13H2,1H3. The number of hydrogen-bond donors (Lipinski definition) is 0. The number of benzene rings is 2. The molecule has 1 saturated heterocycles. The zero-order chi connectivity index (χ0) is 23.8. The number of nitro groups is 2. The molecule has 0 saturated carbocycles. The van der Waals surface area contributed by atoms with Gasteiger partial charge in [0.15, 0.2) is 5.75 Å². The van der Waals surface area contributed by atoms with Crippen LogP contribution in [0, 0.1) is 26.1 Å². The van der Waals surface area contributed by atoms with Crippen LogP contribution in [0.1, 0.15) is 19.8 Å². The van der Waals surface area contributed by atoms with Crippen molar-refractivity contribution in [3.8, 4) is 11.5 Å². The van der Waals surface area contributed by atoms with Gasteiger partial charge in [0.2, 0.25) is 15.8 Å². The summed E-state index contributed by atoms with van der Waals surface area (Å²) in [7, 11) is -3.90. The van der Waals surface area contributed by atoms with E-state index in [-0.39, 0.29) is 38.9 Å². The van der Waals surface area contributed by atoms with E-state index in [2.05, 4.69) is 4.98 Å². The molecular weight excluding hydrogens is 452 g/mol. The fourth-order valence-electron chi connectivity index (χ4n) is 3.89. The number of rotatable bonds is 6. The Bertz CT molecular complexity index is 1360. The van der Waals surface area contributed by atoms with Gasteiger partial charge in [-0.15, -0.1) is 0 Å². The van der Waals surface area contributed by atoms with E-state index in [0.717, 1.165) is 18.9 Å². The second-order valence-corrected chi connectivity index (χ2v) is 9.78. The predicted octanol–water partition coefficient (Wildman–Crippen LogP) is 4.26. The van der Waals surface area contributed by atoms with E-state index in [1.807, 2.05) is 6.92 Å². The van der Waals surface area contributed by atoms with Gasteiger partial charge in [-0.05, 0) is 49.1 Å². The van der Waals surface area contributed by atoms with Gasteiger partial charge in [0, 0.05) is 31.4 Å². The minimum Gasteiger partial charge on any atom is -0.448 e. The lowest BCUT2D eigenvalue weighted by atomic mass is 10.0. The van der Waals surface area contributed by atoms with Crippen LogP contribution in [0.2, 0.25) is 0 Å². The smallest absolute Gasteiger partial charge is 0.312 e. The number of hydrogen-bond acceptors (Lipinski definition) is 8. The van der Waals surface area contributed by atoms with Crippen molar-refractivity contribution in [2.45, 2.75) is 24.7 Å². The first kappa shape index (κ1) is 22.6. The van der Waals surface area contributed by atoms with Crippen LogP contribution in [-0.4, -0.2) is 40.6 Å². The molecule has 11 nitrogen and oxygen atoms in total. The van der Waals surface area contributed by atoms with Crippen LogP contribution < -0.4 is 4.74 Å². The second-order valence-electron chi connectivity index (χ2n) is 7.84. The summed E-state index contributed by atoms with van der Waals surface area (Å²) in [5.74, 6) is 0.0700. The molecule has 1 fully saturated rings. The SMILES string of the molecule is CC1CCCN(S(=O)(=O)c2ccc(Oc3ccc([N+](=O)[O-])c4cccnc34)c([N+](=O)[O-])c2)C1. The van der Waals surface area contributed by atoms with Gasteiger partial charge in [0.25, 0.3) is 5.69 Å². The summed E-state index contributed by atoms with van der Waals surface area (Å²) in [4.78, 5) is 25.7. The summed E-state index contributed by atoms with van der Waals surface area (Å²) >= 11 is 0. The van der Waals surface area contributed by atoms with Crippen molar-refractivity contribution >= 4 is 32.3 Å². The average molecular weight is 472 g/mol. The van der Waals surface area contributed by atoms with E-state index in [9.17, 15) is 28.6 Å². The van der Waals surface area contributed by atoms with E-state index in [4.69, 9.17) is 4.74 Å². The topological polar surface area (TPSA) is 146 Å². The molecule has 0 radical (unpaired) electrons. The Morgan fingerprint density at radius 3 is 2.48 bits per heavy atom. The van der Waals surface area contributed by atoms with Gasteiger partial charge < -0.3 is 4.74 Å².